The molecular formula is C23H30N2O2. The molecule has 2 rings (SSSR count). The second-order valence-electron chi connectivity index (χ2n) is 7.82. The minimum Gasteiger partial charge on any atom is -0.481 e. The number of carboxylic acids is 1. The van der Waals surface area contributed by atoms with Gasteiger partial charge in [0, 0.05) is 0 Å². The van der Waals surface area contributed by atoms with Gasteiger partial charge in [-0.25, -0.2) is 0 Å². The third-order valence-electron chi connectivity index (χ3n) is 6.15. The molecule has 0 unspecified atom stereocenters. The van der Waals surface area contributed by atoms with Crippen molar-refractivity contribution in [2.45, 2.75) is 83.5 Å². The third-order valence-corrected chi connectivity index (χ3v) is 6.15. The Kier molecular flexibility index (Phi) is 7.43. The number of carboxylic acid groups (broad SMARTS) is 1. The van der Waals surface area contributed by atoms with Crippen molar-refractivity contribution in [3.8, 4) is 12.1 Å². The number of rotatable bonds is 8. The molecule has 0 radical (unpaired) electrons. The monoisotopic (exact) mass is 366 g/mol. The van der Waals surface area contributed by atoms with Crippen molar-refractivity contribution in [3.05, 3.63) is 34.4 Å². The number of benzene rings is 1. The molecule has 1 aromatic carbocycles. The zero-order chi connectivity index (χ0) is 19.9. The van der Waals surface area contributed by atoms with E-state index in [0.717, 1.165) is 56.9 Å². The van der Waals surface area contributed by atoms with Gasteiger partial charge in [-0.05, 0) is 55.6 Å². The average molecular weight is 367 g/mol. The first kappa shape index (κ1) is 21.0. The van der Waals surface area contributed by atoms with E-state index >= 15 is 0 Å². The van der Waals surface area contributed by atoms with Crippen molar-refractivity contribution < 1.29 is 9.90 Å². The van der Waals surface area contributed by atoms with Gasteiger partial charge in [0.15, 0.2) is 0 Å². The standard InChI is InChI=1S/C23H30N2O2/c1-3-5-6-8-18-9-10-21(20(16-25)19(18)15-24)23(22(26)27)13-11-17(7-4-2)12-14-23/h9-10,17H,3-8,11-14H2,1-2H3,(H,26,27). The zero-order valence-electron chi connectivity index (χ0n) is 16.6. The summed E-state index contributed by atoms with van der Waals surface area (Å²) in [7, 11) is 0. The topological polar surface area (TPSA) is 84.9 Å². The van der Waals surface area contributed by atoms with Gasteiger partial charge in [0.1, 0.15) is 12.1 Å². The molecule has 1 N–H and O–H groups in total. The fourth-order valence-corrected chi connectivity index (χ4v) is 4.53. The molecule has 1 fully saturated rings. The molecule has 0 atom stereocenters. The van der Waals surface area contributed by atoms with Crippen LogP contribution in [0.4, 0.5) is 0 Å². The number of nitriles is 2. The van der Waals surface area contributed by atoms with Gasteiger partial charge in [-0.15, -0.1) is 0 Å². The van der Waals surface area contributed by atoms with Crippen LogP contribution in [-0.4, -0.2) is 11.1 Å². The van der Waals surface area contributed by atoms with Crippen LogP contribution >= 0.6 is 0 Å². The number of nitrogens with zero attached hydrogens (tertiary/aromatic N) is 2. The molecule has 1 aliphatic carbocycles. The van der Waals surface area contributed by atoms with E-state index in [1.54, 1.807) is 0 Å². The Hall–Kier alpha value is -2.33. The van der Waals surface area contributed by atoms with E-state index in [1.165, 1.54) is 0 Å². The lowest BCUT2D eigenvalue weighted by atomic mass is 9.64. The molecular weight excluding hydrogens is 336 g/mol. The van der Waals surface area contributed by atoms with E-state index in [4.69, 9.17) is 0 Å². The third kappa shape index (κ3) is 4.33. The van der Waals surface area contributed by atoms with Crippen molar-refractivity contribution in [2.24, 2.45) is 5.92 Å². The van der Waals surface area contributed by atoms with E-state index in [2.05, 4.69) is 26.0 Å². The Balaban J connectivity index is 2.45. The molecule has 1 saturated carbocycles. The van der Waals surface area contributed by atoms with Crippen LogP contribution in [0.2, 0.25) is 0 Å². The van der Waals surface area contributed by atoms with E-state index in [9.17, 15) is 20.4 Å². The Bertz CT molecular complexity index is 747. The largest absolute Gasteiger partial charge is 0.481 e. The average Bonchev–Trinajstić information content (AvgIpc) is 2.68. The Labute approximate surface area is 162 Å². The predicted molar refractivity (Wildman–Crippen MR) is 105 cm³/mol. The Morgan fingerprint density at radius 1 is 1.11 bits per heavy atom. The highest BCUT2D eigenvalue weighted by Gasteiger charge is 2.45. The molecule has 0 spiro atoms. The number of hydrogen-bond acceptors (Lipinski definition) is 3. The molecule has 0 amide bonds. The van der Waals surface area contributed by atoms with Crippen LogP contribution in [0.15, 0.2) is 12.1 Å². The number of unbranched alkanes of at least 4 members (excludes halogenated alkanes) is 2. The molecule has 144 valence electrons. The predicted octanol–water partition coefficient (Wildman–Crippen LogP) is 5.48. The molecule has 0 aliphatic heterocycles. The maximum absolute atomic E-state index is 12.3. The SMILES string of the molecule is CCCCCc1ccc(C2(C(=O)O)CCC(CCC)CC2)c(C#N)c1C#N. The minimum atomic E-state index is -1.04. The van der Waals surface area contributed by atoms with Gasteiger partial charge in [-0.3, -0.25) is 4.79 Å². The van der Waals surface area contributed by atoms with Crippen LogP contribution < -0.4 is 0 Å². The molecule has 27 heavy (non-hydrogen) atoms. The summed E-state index contributed by atoms with van der Waals surface area (Å²) in [4.78, 5) is 12.3. The summed E-state index contributed by atoms with van der Waals surface area (Å²) in [5.41, 5.74) is 1.03. The summed E-state index contributed by atoms with van der Waals surface area (Å²) in [6.45, 7) is 4.28. The maximum Gasteiger partial charge on any atom is 0.314 e. The van der Waals surface area contributed by atoms with E-state index in [1.807, 2.05) is 12.1 Å². The summed E-state index contributed by atoms with van der Waals surface area (Å²) < 4.78 is 0. The van der Waals surface area contributed by atoms with Gasteiger partial charge in [0.25, 0.3) is 0 Å². The van der Waals surface area contributed by atoms with Gasteiger partial charge < -0.3 is 5.11 Å². The van der Waals surface area contributed by atoms with Gasteiger partial charge in [-0.2, -0.15) is 10.5 Å². The van der Waals surface area contributed by atoms with Crippen LogP contribution in [0.5, 0.6) is 0 Å². The van der Waals surface area contributed by atoms with Crippen molar-refractivity contribution in [3.63, 3.8) is 0 Å². The number of aliphatic carboxylic acids is 1. The van der Waals surface area contributed by atoms with E-state index in [0.29, 0.717) is 29.9 Å². The maximum atomic E-state index is 12.3. The van der Waals surface area contributed by atoms with Crippen LogP contribution in [0.3, 0.4) is 0 Å². The molecule has 0 bridgehead atoms. The number of hydrogen-bond donors (Lipinski definition) is 1. The normalized spacial score (nSPS) is 22.0. The molecule has 0 heterocycles. The van der Waals surface area contributed by atoms with Gasteiger partial charge in [0.05, 0.1) is 16.5 Å². The van der Waals surface area contributed by atoms with Crippen LogP contribution in [0, 0.1) is 28.6 Å². The first-order valence-corrected chi connectivity index (χ1v) is 10.2. The fourth-order valence-electron chi connectivity index (χ4n) is 4.53. The van der Waals surface area contributed by atoms with E-state index < -0.39 is 11.4 Å². The van der Waals surface area contributed by atoms with Crippen molar-refractivity contribution in [2.75, 3.05) is 0 Å². The van der Waals surface area contributed by atoms with Gasteiger partial charge in [0.2, 0.25) is 0 Å². The second-order valence-corrected chi connectivity index (χ2v) is 7.82. The quantitative estimate of drug-likeness (QED) is 0.618. The lowest BCUT2D eigenvalue weighted by molar-refractivity contribution is -0.145. The molecule has 4 nitrogen and oxygen atoms in total. The van der Waals surface area contributed by atoms with Crippen molar-refractivity contribution >= 4 is 5.97 Å². The van der Waals surface area contributed by atoms with Crippen LogP contribution in [0.1, 0.15) is 93.9 Å². The van der Waals surface area contributed by atoms with E-state index in [-0.39, 0.29) is 5.56 Å². The highest BCUT2D eigenvalue weighted by atomic mass is 16.4. The summed E-state index contributed by atoms with van der Waals surface area (Å²) in [5.74, 6) is -0.298. The zero-order valence-corrected chi connectivity index (χ0v) is 16.6. The molecule has 0 aromatic heterocycles. The molecule has 1 aliphatic rings. The Morgan fingerprint density at radius 2 is 1.78 bits per heavy atom. The summed E-state index contributed by atoms with van der Waals surface area (Å²) in [5, 5.41) is 29.6. The molecule has 4 heteroatoms. The molecule has 1 aromatic rings. The van der Waals surface area contributed by atoms with Crippen LogP contribution in [-0.2, 0) is 16.6 Å². The summed E-state index contributed by atoms with van der Waals surface area (Å²) >= 11 is 0. The molecule has 0 saturated heterocycles. The first-order chi connectivity index (χ1) is 13.0. The van der Waals surface area contributed by atoms with Gasteiger partial charge in [-0.1, -0.05) is 51.7 Å². The Morgan fingerprint density at radius 3 is 2.30 bits per heavy atom. The van der Waals surface area contributed by atoms with Crippen LogP contribution in [0.25, 0.3) is 0 Å². The summed E-state index contributed by atoms with van der Waals surface area (Å²) in [6.07, 6.45) is 8.95. The highest BCUT2D eigenvalue weighted by Crippen LogP contribution is 2.45. The fraction of sp³-hybridized carbons (Fsp3) is 0.609. The first-order valence-electron chi connectivity index (χ1n) is 10.2. The van der Waals surface area contributed by atoms with Crippen molar-refractivity contribution in [1.29, 1.82) is 10.5 Å². The number of aryl methyl sites for hydroxylation is 1. The second kappa shape index (κ2) is 9.56. The van der Waals surface area contributed by atoms with Crippen molar-refractivity contribution in [1.82, 2.24) is 0 Å². The summed E-state index contributed by atoms with van der Waals surface area (Å²) in [6, 6.07) is 8.06. The lowest BCUT2D eigenvalue weighted by Crippen LogP contribution is -2.40. The highest BCUT2D eigenvalue weighted by molar-refractivity contribution is 5.83. The lowest BCUT2D eigenvalue weighted by Gasteiger charge is -2.38. The minimum absolute atomic E-state index is 0.280. The smallest absolute Gasteiger partial charge is 0.314 e. The number of carbonyl (C=O) groups is 1. The van der Waals surface area contributed by atoms with Gasteiger partial charge >= 0.3 is 5.97 Å².